The molecule has 0 atom stereocenters. The summed E-state index contributed by atoms with van der Waals surface area (Å²) in [6, 6.07) is 16.6. The summed E-state index contributed by atoms with van der Waals surface area (Å²) >= 11 is 0. The predicted octanol–water partition coefficient (Wildman–Crippen LogP) is 2.10. The molecule has 0 saturated heterocycles. The van der Waals surface area contributed by atoms with Crippen molar-refractivity contribution in [3.8, 4) is 16.8 Å². The minimum absolute atomic E-state index is 0.122. The molecular weight excluding hydrogens is 356 g/mol. The number of hydrogen-bond donors (Lipinski definition) is 3. The molecule has 0 saturated carbocycles. The first kappa shape index (κ1) is 17.7. The molecule has 28 heavy (non-hydrogen) atoms. The highest BCUT2D eigenvalue weighted by Gasteiger charge is 2.16. The molecule has 0 unspecified atom stereocenters. The van der Waals surface area contributed by atoms with E-state index in [0.717, 1.165) is 16.8 Å². The lowest BCUT2D eigenvalue weighted by Crippen LogP contribution is -2.26. The Morgan fingerprint density at radius 3 is 2.75 bits per heavy atom. The number of aromatic nitrogens is 3. The zero-order chi connectivity index (χ0) is 19.5. The molecule has 4 aromatic rings. The van der Waals surface area contributed by atoms with E-state index in [0.29, 0.717) is 16.6 Å². The van der Waals surface area contributed by atoms with Gasteiger partial charge in [-0.15, -0.1) is 0 Å². The molecule has 2 heterocycles. The quantitative estimate of drug-likeness (QED) is 0.498. The van der Waals surface area contributed by atoms with Crippen LogP contribution in [-0.4, -0.2) is 38.7 Å². The van der Waals surface area contributed by atoms with Gasteiger partial charge >= 0.3 is 0 Å². The molecule has 2 aromatic carbocycles. The van der Waals surface area contributed by atoms with Gasteiger partial charge in [0, 0.05) is 29.6 Å². The molecule has 3 N–H and O–H groups in total. The summed E-state index contributed by atoms with van der Waals surface area (Å²) in [5, 5.41) is 11.5. The average molecular weight is 374 g/mol. The molecule has 1 amide bonds. The van der Waals surface area contributed by atoms with E-state index in [1.54, 1.807) is 22.8 Å². The summed E-state index contributed by atoms with van der Waals surface area (Å²) in [5.41, 5.74) is 3.60. The molecule has 0 radical (unpaired) electrons. The van der Waals surface area contributed by atoms with Crippen LogP contribution in [0.15, 0.2) is 71.9 Å². The number of aliphatic hydroxyl groups excluding tert-OH is 1. The fourth-order valence-electron chi connectivity index (χ4n) is 3.17. The minimum atomic E-state index is -0.270. The lowest BCUT2D eigenvalue weighted by molar-refractivity contribution is 0.0945. The highest BCUT2D eigenvalue weighted by Crippen LogP contribution is 2.30. The van der Waals surface area contributed by atoms with E-state index >= 15 is 0 Å². The van der Waals surface area contributed by atoms with Gasteiger partial charge < -0.3 is 20.0 Å². The maximum Gasteiger partial charge on any atom is 0.275 e. The molecule has 0 aliphatic rings. The topological polar surface area (TPSA) is 100 Å². The zero-order valence-corrected chi connectivity index (χ0v) is 14.9. The third-order valence-corrected chi connectivity index (χ3v) is 4.45. The monoisotopic (exact) mass is 374 g/mol. The van der Waals surface area contributed by atoms with Crippen LogP contribution in [0.4, 0.5) is 0 Å². The highest BCUT2D eigenvalue weighted by molar-refractivity contribution is 5.98. The Morgan fingerprint density at radius 1 is 1.14 bits per heavy atom. The number of rotatable bonds is 5. The second kappa shape index (κ2) is 7.50. The smallest absolute Gasteiger partial charge is 0.275 e. The van der Waals surface area contributed by atoms with Crippen LogP contribution in [0.2, 0.25) is 0 Å². The second-order valence-corrected chi connectivity index (χ2v) is 6.24. The summed E-state index contributed by atoms with van der Waals surface area (Å²) < 4.78 is 1.80. The standard InChI is InChI=1S/C21H18N4O3/c26-10-9-22-20(27)15-6-4-5-14(11-15)17-12-25(16-7-2-1-3-8-16)19-18(17)23-13-24-21(19)28/h1-8,11-13,26H,9-10H2,(H,22,27)(H,23,24,28). The van der Waals surface area contributed by atoms with Gasteiger partial charge in [-0.3, -0.25) is 9.59 Å². The molecule has 0 spiro atoms. The predicted molar refractivity (Wildman–Crippen MR) is 107 cm³/mol. The van der Waals surface area contributed by atoms with E-state index in [4.69, 9.17) is 5.11 Å². The van der Waals surface area contributed by atoms with Crippen molar-refractivity contribution in [3.05, 3.63) is 83.0 Å². The number of amides is 1. The summed E-state index contributed by atoms with van der Waals surface area (Å²) in [5.74, 6) is -0.270. The largest absolute Gasteiger partial charge is 0.395 e. The Kier molecular flexibility index (Phi) is 4.74. The Hall–Kier alpha value is -3.71. The van der Waals surface area contributed by atoms with Crippen LogP contribution in [0.5, 0.6) is 0 Å². The number of aliphatic hydroxyl groups is 1. The van der Waals surface area contributed by atoms with Gasteiger partial charge in [-0.25, -0.2) is 4.98 Å². The van der Waals surface area contributed by atoms with E-state index in [1.807, 2.05) is 42.6 Å². The van der Waals surface area contributed by atoms with Crippen molar-refractivity contribution in [1.29, 1.82) is 0 Å². The molecule has 0 aliphatic heterocycles. The summed E-state index contributed by atoms with van der Waals surface area (Å²) in [4.78, 5) is 31.7. The van der Waals surface area contributed by atoms with Gasteiger partial charge in [0.1, 0.15) is 11.0 Å². The number of hydrogen-bond acceptors (Lipinski definition) is 4. The van der Waals surface area contributed by atoms with Crippen molar-refractivity contribution in [2.75, 3.05) is 13.2 Å². The number of fused-ring (bicyclic) bond motifs is 1. The number of nitrogens with one attached hydrogen (secondary N) is 2. The number of para-hydroxylation sites is 1. The van der Waals surface area contributed by atoms with E-state index in [2.05, 4.69) is 15.3 Å². The number of carbonyl (C=O) groups excluding carboxylic acids is 1. The van der Waals surface area contributed by atoms with Crippen molar-refractivity contribution >= 4 is 16.9 Å². The number of carbonyl (C=O) groups is 1. The van der Waals surface area contributed by atoms with E-state index in [-0.39, 0.29) is 24.6 Å². The van der Waals surface area contributed by atoms with Crippen LogP contribution in [0, 0.1) is 0 Å². The molecule has 7 heteroatoms. The maximum atomic E-state index is 12.5. The van der Waals surface area contributed by atoms with Crippen molar-refractivity contribution in [1.82, 2.24) is 19.9 Å². The van der Waals surface area contributed by atoms with Crippen molar-refractivity contribution < 1.29 is 9.90 Å². The summed E-state index contributed by atoms with van der Waals surface area (Å²) in [6.45, 7) is 0.0655. The molecule has 0 fully saturated rings. The lowest BCUT2D eigenvalue weighted by atomic mass is 10.0. The molecule has 0 aliphatic carbocycles. The normalized spacial score (nSPS) is 10.9. The highest BCUT2D eigenvalue weighted by atomic mass is 16.3. The van der Waals surface area contributed by atoms with Crippen molar-refractivity contribution in [3.63, 3.8) is 0 Å². The third kappa shape index (κ3) is 3.19. The zero-order valence-electron chi connectivity index (χ0n) is 14.9. The van der Waals surface area contributed by atoms with Gasteiger partial charge in [0.15, 0.2) is 0 Å². The second-order valence-electron chi connectivity index (χ2n) is 6.24. The average Bonchev–Trinajstić information content (AvgIpc) is 3.14. The first-order chi connectivity index (χ1) is 13.7. The van der Waals surface area contributed by atoms with Gasteiger partial charge in [-0.2, -0.15) is 0 Å². The van der Waals surface area contributed by atoms with Gasteiger partial charge in [0.05, 0.1) is 12.9 Å². The molecule has 0 bridgehead atoms. The first-order valence-electron chi connectivity index (χ1n) is 8.82. The Morgan fingerprint density at radius 2 is 1.96 bits per heavy atom. The molecule has 7 nitrogen and oxygen atoms in total. The van der Waals surface area contributed by atoms with Crippen LogP contribution in [0.25, 0.3) is 27.8 Å². The first-order valence-corrected chi connectivity index (χ1v) is 8.82. The Balaban J connectivity index is 1.88. The molecule has 4 rings (SSSR count). The third-order valence-electron chi connectivity index (χ3n) is 4.45. The van der Waals surface area contributed by atoms with Crippen LogP contribution in [-0.2, 0) is 0 Å². The SMILES string of the molecule is O=C(NCCO)c1cccc(-c2cn(-c3ccccc3)c3c(=O)[nH]cnc23)c1. The molecular formula is C21H18N4O3. The van der Waals surface area contributed by atoms with Gasteiger partial charge in [-0.1, -0.05) is 30.3 Å². The Bertz CT molecular complexity index is 1200. The summed E-state index contributed by atoms with van der Waals surface area (Å²) in [7, 11) is 0. The molecule has 140 valence electrons. The summed E-state index contributed by atoms with van der Waals surface area (Å²) in [6.07, 6.45) is 3.23. The van der Waals surface area contributed by atoms with Gasteiger partial charge in [0.2, 0.25) is 0 Å². The van der Waals surface area contributed by atoms with Gasteiger partial charge in [-0.05, 0) is 29.8 Å². The van der Waals surface area contributed by atoms with Gasteiger partial charge in [0.25, 0.3) is 11.5 Å². The molecule has 2 aromatic heterocycles. The van der Waals surface area contributed by atoms with Crippen molar-refractivity contribution in [2.45, 2.75) is 0 Å². The van der Waals surface area contributed by atoms with E-state index in [1.165, 1.54) is 6.33 Å². The minimum Gasteiger partial charge on any atom is -0.395 e. The van der Waals surface area contributed by atoms with Crippen LogP contribution < -0.4 is 10.9 Å². The number of nitrogens with zero attached hydrogens (tertiary/aromatic N) is 2. The van der Waals surface area contributed by atoms with Crippen molar-refractivity contribution in [2.24, 2.45) is 0 Å². The lowest BCUT2D eigenvalue weighted by Gasteiger charge is -2.05. The maximum absolute atomic E-state index is 12.5. The van der Waals surface area contributed by atoms with Crippen LogP contribution in [0.1, 0.15) is 10.4 Å². The Labute approximate surface area is 160 Å². The van der Waals surface area contributed by atoms with Crippen LogP contribution >= 0.6 is 0 Å². The number of aromatic amines is 1. The fourth-order valence-corrected chi connectivity index (χ4v) is 3.17. The number of H-pyrrole nitrogens is 1. The van der Waals surface area contributed by atoms with Crippen LogP contribution in [0.3, 0.4) is 0 Å². The number of benzene rings is 2. The van der Waals surface area contributed by atoms with E-state index in [9.17, 15) is 9.59 Å². The van der Waals surface area contributed by atoms with E-state index < -0.39 is 0 Å². The fraction of sp³-hybridized carbons (Fsp3) is 0.0952.